The van der Waals surface area contributed by atoms with Crippen LogP contribution < -0.4 is 0 Å². The zero-order valence-electron chi connectivity index (χ0n) is 16.2. The van der Waals surface area contributed by atoms with Crippen LogP contribution in [-0.2, 0) is 27.4 Å². The molecule has 7 nitrogen and oxygen atoms in total. The molecule has 0 atom stereocenters. The lowest BCUT2D eigenvalue weighted by Gasteiger charge is -2.19. The zero-order valence-corrected chi connectivity index (χ0v) is 16.2. The molecule has 0 saturated carbocycles. The molecule has 3 rings (SSSR count). The minimum absolute atomic E-state index is 0.0917. The van der Waals surface area contributed by atoms with Gasteiger partial charge in [-0.2, -0.15) is 0 Å². The Morgan fingerprint density at radius 1 is 0.833 bits per heavy atom. The third kappa shape index (κ3) is 6.51. The summed E-state index contributed by atoms with van der Waals surface area (Å²) in [5.41, 5.74) is 1.82. The number of benzene rings is 3. The number of nitrogens with zero attached hydrogens (tertiary/aromatic N) is 1. The maximum atomic E-state index is 12.3. The number of carbonyl (C=O) groups excluding carboxylic acids is 1. The van der Waals surface area contributed by atoms with E-state index in [1.54, 1.807) is 0 Å². The van der Waals surface area contributed by atoms with Gasteiger partial charge in [0.05, 0.1) is 23.7 Å². The second-order valence-electron chi connectivity index (χ2n) is 6.43. The number of nitro benzene ring substituents is 1. The molecular weight excluding hydrogens is 386 g/mol. The minimum Gasteiger partial charge on any atom is -0.457 e. The topological polar surface area (TPSA) is 87.9 Å². The minimum atomic E-state index is -0.798. The molecule has 154 valence electrons. The smallest absolute Gasteiger partial charge is 0.338 e. The Balaban J connectivity index is 1.61. The highest BCUT2D eigenvalue weighted by atomic mass is 16.7. The number of ether oxygens (including phenoxy) is 3. The summed E-state index contributed by atoms with van der Waals surface area (Å²) < 4.78 is 16.9. The van der Waals surface area contributed by atoms with E-state index in [0.29, 0.717) is 0 Å². The van der Waals surface area contributed by atoms with Gasteiger partial charge in [-0.15, -0.1) is 0 Å². The van der Waals surface area contributed by atoms with Crippen LogP contribution >= 0.6 is 0 Å². The van der Waals surface area contributed by atoms with Crippen molar-refractivity contribution in [1.29, 1.82) is 0 Å². The molecule has 0 radical (unpaired) electrons. The van der Waals surface area contributed by atoms with Crippen molar-refractivity contribution in [2.75, 3.05) is 6.61 Å². The molecule has 3 aromatic rings. The Hall–Kier alpha value is -3.55. The van der Waals surface area contributed by atoms with Crippen molar-refractivity contribution < 1.29 is 23.9 Å². The highest BCUT2D eigenvalue weighted by Gasteiger charge is 2.17. The Morgan fingerprint density at radius 3 is 1.93 bits per heavy atom. The van der Waals surface area contributed by atoms with E-state index in [9.17, 15) is 14.9 Å². The third-order valence-electron chi connectivity index (χ3n) is 4.20. The van der Waals surface area contributed by atoms with E-state index < -0.39 is 17.2 Å². The molecule has 0 aliphatic heterocycles. The van der Waals surface area contributed by atoms with Crippen LogP contribution in [0.3, 0.4) is 0 Å². The fourth-order valence-electron chi connectivity index (χ4n) is 2.64. The summed E-state index contributed by atoms with van der Waals surface area (Å²) >= 11 is 0. The van der Waals surface area contributed by atoms with Crippen LogP contribution in [0.2, 0.25) is 0 Å². The summed E-state index contributed by atoms with van der Waals surface area (Å²) in [5.74, 6) is -0.685. The van der Waals surface area contributed by atoms with Crippen molar-refractivity contribution in [2.24, 2.45) is 0 Å². The number of non-ortho nitro benzene ring substituents is 1. The van der Waals surface area contributed by atoms with E-state index in [1.807, 2.05) is 60.7 Å². The zero-order chi connectivity index (χ0) is 21.2. The van der Waals surface area contributed by atoms with Crippen molar-refractivity contribution in [3.05, 3.63) is 112 Å². The van der Waals surface area contributed by atoms with Crippen LogP contribution in [-0.4, -0.2) is 23.8 Å². The molecule has 30 heavy (non-hydrogen) atoms. The first kappa shape index (κ1) is 21.2. The van der Waals surface area contributed by atoms with Gasteiger partial charge in [0.2, 0.25) is 0 Å². The van der Waals surface area contributed by atoms with E-state index in [4.69, 9.17) is 14.2 Å². The molecule has 0 heterocycles. The number of nitro groups is 1. The average molecular weight is 407 g/mol. The predicted octanol–water partition coefficient (Wildman–Crippen LogP) is 4.51. The van der Waals surface area contributed by atoms with Gasteiger partial charge in [0.1, 0.15) is 6.61 Å². The van der Waals surface area contributed by atoms with Crippen LogP contribution in [0.1, 0.15) is 21.5 Å². The quantitative estimate of drug-likeness (QED) is 0.213. The Kier molecular flexibility index (Phi) is 7.65. The first-order valence-corrected chi connectivity index (χ1v) is 9.34. The van der Waals surface area contributed by atoms with Gasteiger partial charge in [-0.25, -0.2) is 4.79 Å². The normalized spacial score (nSPS) is 10.7. The molecule has 0 N–H and O–H groups in total. The van der Waals surface area contributed by atoms with Gasteiger partial charge in [-0.1, -0.05) is 66.7 Å². The Labute approximate surface area is 174 Å². The molecule has 0 aliphatic rings. The molecule has 0 amide bonds. The maximum absolute atomic E-state index is 12.3. The fraction of sp³-hybridized carbons (Fsp3) is 0.174. The summed E-state index contributed by atoms with van der Waals surface area (Å²) in [6.45, 7) is 0.421. The third-order valence-corrected chi connectivity index (χ3v) is 4.20. The van der Waals surface area contributed by atoms with Gasteiger partial charge < -0.3 is 14.2 Å². The molecule has 0 saturated heterocycles. The van der Waals surface area contributed by atoms with Gasteiger partial charge in [0.25, 0.3) is 5.69 Å². The van der Waals surface area contributed by atoms with E-state index in [0.717, 1.165) is 11.1 Å². The van der Waals surface area contributed by atoms with Crippen molar-refractivity contribution in [1.82, 2.24) is 0 Å². The summed E-state index contributed by atoms with van der Waals surface area (Å²) in [6.07, 6.45) is -0.798. The second-order valence-corrected chi connectivity index (χ2v) is 6.43. The second kappa shape index (κ2) is 10.8. The van der Waals surface area contributed by atoms with Crippen LogP contribution in [0.15, 0.2) is 84.9 Å². The van der Waals surface area contributed by atoms with Crippen LogP contribution in [0.5, 0.6) is 0 Å². The van der Waals surface area contributed by atoms with Crippen LogP contribution in [0.4, 0.5) is 5.69 Å². The monoisotopic (exact) mass is 407 g/mol. The van der Waals surface area contributed by atoms with E-state index in [2.05, 4.69) is 0 Å². The van der Waals surface area contributed by atoms with Gasteiger partial charge in [-0.3, -0.25) is 10.1 Å². The molecule has 0 fully saturated rings. The molecule has 0 unspecified atom stereocenters. The number of hydrogen-bond donors (Lipinski definition) is 0. The van der Waals surface area contributed by atoms with Crippen molar-refractivity contribution in [3.63, 3.8) is 0 Å². The first-order valence-electron chi connectivity index (χ1n) is 9.34. The van der Waals surface area contributed by atoms with Crippen LogP contribution in [0.25, 0.3) is 0 Å². The molecule has 7 heteroatoms. The fourth-order valence-corrected chi connectivity index (χ4v) is 2.64. The highest BCUT2D eigenvalue weighted by molar-refractivity contribution is 5.90. The number of hydrogen-bond acceptors (Lipinski definition) is 6. The largest absolute Gasteiger partial charge is 0.457 e. The van der Waals surface area contributed by atoms with Gasteiger partial charge in [0, 0.05) is 12.1 Å². The summed E-state index contributed by atoms with van der Waals surface area (Å²) in [6, 6.07) is 24.5. The standard InChI is InChI=1S/C23H21NO6/c25-23(20-12-7-13-21(14-20)24(26)27)30-17-22(28-15-18-8-3-1-4-9-18)29-16-19-10-5-2-6-11-19/h1-14,22H,15-17H2. The van der Waals surface area contributed by atoms with E-state index >= 15 is 0 Å². The lowest BCUT2D eigenvalue weighted by atomic mass is 10.2. The lowest BCUT2D eigenvalue weighted by molar-refractivity contribution is -0.384. The van der Waals surface area contributed by atoms with Gasteiger partial charge in [0.15, 0.2) is 6.29 Å². The van der Waals surface area contributed by atoms with Crippen molar-refractivity contribution in [2.45, 2.75) is 19.5 Å². The molecular formula is C23H21NO6. The molecule has 0 bridgehead atoms. The van der Waals surface area contributed by atoms with Crippen molar-refractivity contribution >= 4 is 11.7 Å². The summed E-state index contributed by atoms with van der Waals surface area (Å²) in [7, 11) is 0. The van der Waals surface area contributed by atoms with Gasteiger partial charge >= 0.3 is 5.97 Å². The average Bonchev–Trinajstić information content (AvgIpc) is 2.79. The first-order chi connectivity index (χ1) is 14.6. The highest BCUT2D eigenvalue weighted by Crippen LogP contribution is 2.15. The Morgan fingerprint density at radius 2 is 1.40 bits per heavy atom. The Bertz CT molecular complexity index is 918. The molecule has 3 aromatic carbocycles. The van der Waals surface area contributed by atoms with E-state index in [-0.39, 0.29) is 31.1 Å². The molecule has 0 aliphatic carbocycles. The van der Waals surface area contributed by atoms with Gasteiger partial charge in [-0.05, 0) is 17.2 Å². The molecule has 0 spiro atoms. The summed E-state index contributed by atoms with van der Waals surface area (Å²) in [5, 5.41) is 10.9. The van der Waals surface area contributed by atoms with E-state index in [1.165, 1.54) is 24.3 Å². The number of carbonyl (C=O) groups is 1. The summed E-state index contributed by atoms with van der Waals surface area (Å²) in [4.78, 5) is 22.6. The maximum Gasteiger partial charge on any atom is 0.338 e. The predicted molar refractivity (Wildman–Crippen MR) is 110 cm³/mol. The number of rotatable bonds is 10. The SMILES string of the molecule is O=C(OCC(OCc1ccccc1)OCc1ccccc1)c1cccc([N+](=O)[O-])c1. The lowest BCUT2D eigenvalue weighted by Crippen LogP contribution is -2.25. The number of esters is 1. The molecule has 0 aromatic heterocycles. The van der Waals surface area contributed by atoms with Crippen molar-refractivity contribution in [3.8, 4) is 0 Å². The van der Waals surface area contributed by atoms with Crippen LogP contribution in [0, 0.1) is 10.1 Å².